The first-order valence-electron chi connectivity index (χ1n) is 8.41. The Morgan fingerprint density at radius 2 is 1.88 bits per heavy atom. The van der Waals surface area contributed by atoms with Crippen molar-refractivity contribution < 1.29 is 23.9 Å². The van der Waals surface area contributed by atoms with Crippen LogP contribution in [0.15, 0.2) is 36.4 Å². The smallest absolute Gasteiger partial charge is 0.350 e. The number of nitrogens with one attached hydrogen (secondary N) is 1. The minimum atomic E-state index is -0.495. The van der Waals surface area contributed by atoms with Crippen molar-refractivity contribution in [3.63, 3.8) is 0 Å². The third-order valence-corrected chi connectivity index (χ3v) is 4.95. The summed E-state index contributed by atoms with van der Waals surface area (Å²) in [5, 5.41) is 2.65. The monoisotopic (exact) mass is 373 g/mol. The van der Waals surface area contributed by atoms with E-state index in [-0.39, 0.29) is 25.1 Å². The zero-order valence-corrected chi connectivity index (χ0v) is 15.1. The summed E-state index contributed by atoms with van der Waals surface area (Å²) in [5.74, 6) is -1.39. The van der Waals surface area contributed by atoms with Crippen molar-refractivity contribution in [2.45, 2.75) is 19.8 Å². The van der Waals surface area contributed by atoms with Gasteiger partial charge < -0.3 is 14.8 Å². The molecular weight excluding hydrogens is 354 g/mol. The van der Waals surface area contributed by atoms with Crippen molar-refractivity contribution in [3.8, 4) is 10.4 Å². The van der Waals surface area contributed by atoms with Gasteiger partial charge in [0.05, 0.1) is 18.2 Å². The minimum Gasteiger partial charge on any atom is -0.462 e. The molecule has 2 aromatic rings. The third-order valence-electron chi connectivity index (χ3n) is 3.78. The highest BCUT2D eigenvalue weighted by Gasteiger charge is 2.31. The normalized spacial score (nSPS) is 13.1. The van der Waals surface area contributed by atoms with E-state index in [9.17, 15) is 14.4 Å². The predicted molar refractivity (Wildman–Crippen MR) is 98.0 cm³/mol. The lowest BCUT2D eigenvalue weighted by Crippen LogP contribution is -2.22. The van der Waals surface area contributed by atoms with Crippen molar-refractivity contribution in [3.05, 3.63) is 41.3 Å². The molecule has 6 nitrogen and oxygen atoms in total. The fraction of sp³-hybridized carbons (Fsp3) is 0.316. The number of thiophene rings is 1. The number of benzene rings is 1. The standard InChI is InChI=1S/C19H19NO5S/c1-2-24-19(23)17-14(10-15(26-17)12-6-4-3-5-7-12)20-16(21)11-25-18(22)13-8-9-13/h3-7,10,13H,2,8-9,11H2,1H3,(H,20,21). The molecule has 0 spiro atoms. The van der Waals surface area contributed by atoms with Gasteiger partial charge in [-0.25, -0.2) is 4.79 Å². The van der Waals surface area contributed by atoms with Crippen molar-refractivity contribution in [1.29, 1.82) is 0 Å². The molecule has 0 aliphatic heterocycles. The van der Waals surface area contributed by atoms with Gasteiger partial charge in [0.15, 0.2) is 6.61 Å². The largest absolute Gasteiger partial charge is 0.462 e. The number of rotatable bonds is 7. The van der Waals surface area contributed by atoms with Crippen molar-refractivity contribution in [2.75, 3.05) is 18.5 Å². The summed E-state index contributed by atoms with van der Waals surface area (Å²) in [7, 11) is 0. The molecule has 1 saturated carbocycles. The SMILES string of the molecule is CCOC(=O)c1sc(-c2ccccc2)cc1NC(=O)COC(=O)C1CC1. The summed E-state index contributed by atoms with van der Waals surface area (Å²) >= 11 is 1.24. The van der Waals surface area contributed by atoms with Crippen LogP contribution in [0.1, 0.15) is 29.4 Å². The summed E-state index contributed by atoms with van der Waals surface area (Å²) in [5.41, 5.74) is 1.29. The molecule has 0 saturated heterocycles. The van der Waals surface area contributed by atoms with Gasteiger partial charge in [0.2, 0.25) is 0 Å². The number of esters is 2. The molecule has 1 fully saturated rings. The summed E-state index contributed by atoms with van der Waals surface area (Å²) in [6, 6.07) is 11.3. The second-order valence-corrected chi connectivity index (χ2v) is 6.92. The van der Waals surface area contributed by atoms with E-state index in [1.165, 1.54) is 11.3 Å². The molecule has 1 heterocycles. The summed E-state index contributed by atoms with van der Waals surface area (Å²) in [6.07, 6.45) is 1.64. The number of ether oxygens (including phenoxy) is 2. The third kappa shape index (κ3) is 4.49. The fourth-order valence-electron chi connectivity index (χ4n) is 2.34. The van der Waals surface area contributed by atoms with Gasteiger partial charge in [-0.05, 0) is 31.4 Å². The predicted octanol–water partition coefficient (Wildman–Crippen LogP) is 3.48. The first kappa shape index (κ1) is 18.1. The molecule has 1 aliphatic carbocycles. The van der Waals surface area contributed by atoms with Crippen LogP contribution in [0.3, 0.4) is 0 Å². The van der Waals surface area contributed by atoms with Crippen LogP contribution in [0.4, 0.5) is 5.69 Å². The van der Waals surface area contributed by atoms with Crippen molar-refractivity contribution in [1.82, 2.24) is 0 Å². The Bertz CT molecular complexity index is 811. The van der Waals surface area contributed by atoms with E-state index >= 15 is 0 Å². The van der Waals surface area contributed by atoms with Crippen LogP contribution in [-0.2, 0) is 19.1 Å². The van der Waals surface area contributed by atoms with E-state index in [2.05, 4.69) is 5.32 Å². The van der Waals surface area contributed by atoms with E-state index in [0.29, 0.717) is 10.6 Å². The van der Waals surface area contributed by atoms with Crippen LogP contribution in [-0.4, -0.2) is 31.1 Å². The van der Waals surface area contributed by atoms with Crippen LogP contribution >= 0.6 is 11.3 Å². The van der Waals surface area contributed by atoms with E-state index in [4.69, 9.17) is 9.47 Å². The quantitative estimate of drug-likeness (QED) is 0.752. The number of carbonyl (C=O) groups excluding carboxylic acids is 3. The average molecular weight is 373 g/mol. The van der Waals surface area contributed by atoms with Crippen LogP contribution < -0.4 is 5.32 Å². The zero-order chi connectivity index (χ0) is 18.5. The number of hydrogen-bond acceptors (Lipinski definition) is 6. The average Bonchev–Trinajstić information content (AvgIpc) is 3.41. The Morgan fingerprint density at radius 1 is 1.15 bits per heavy atom. The number of amides is 1. The Morgan fingerprint density at radius 3 is 2.54 bits per heavy atom. The molecule has 3 rings (SSSR count). The van der Waals surface area contributed by atoms with Gasteiger partial charge in [-0.15, -0.1) is 11.3 Å². The molecule has 0 atom stereocenters. The summed E-state index contributed by atoms with van der Waals surface area (Å²) < 4.78 is 10.0. The molecule has 0 radical (unpaired) electrons. The van der Waals surface area contributed by atoms with Crippen LogP contribution in [0, 0.1) is 5.92 Å². The topological polar surface area (TPSA) is 81.7 Å². The number of carbonyl (C=O) groups is 3. The Kier molecular flexibility index (Phi) is 5.68. The van der Waals surface area contributed by atoms with E-state index in [1.807, 2.05) is 30.3 Å². The van der Waals surface area contributed by atoms with E-state index in [1.54, 1.807) is 13.0 Å². The first-order valence-corrected chi connectivity index (χ1v) is 9.23. The van der Waals surface area contributed by atoms with Gasteiger partial charge in [0.25, 0.3) is 5.91 Å². The van der Waals surface area contributed by atoms with Gasteiger partial charge in [0.1, 0.15) is 4.88 Å². The Labute approximate surface area is 155 Å². The molecule has 1 aromatic heterocycles. The lowest BCUT2D eigenvalue weighted by Gasteiger charge is -2.07. The number of anilines is 1. The first-order chi connectivity index (χ1) is 12.6. The molecular formula is C19H19NO5S. The summed E-state index contributed by atoms with van der Waals surface area (Å²) in [4.78, 5) is 37.0. The second-order valence-electron chi connectivity index (χ2n) is 5.87. The molecule has 0 unspecified atom stereocenters. The van der Waals surface area contributed by atoms with E-state index < -0.39 is 11.9 Å². The highest BCUT2D eigenvalue weighted by atomic mass is 32.1. The molecule has 1 aromatic carbocycles. The summed E-state index contributed by atoms with van der Waals surface area (Å²) in [6.45, 7) is 1.59. The molecule has 26 heavy (non-hydrogen) atoms. The second kappa shape index (κ2) is 8.14. The van der Waals surface area contributed by atoms with E-state index in [0.717, 1.165) is 23.3 Å². The van der Waals surface area contributed by atoms with Gasteiger partial charge >= 0.3 is 11.9 Å². The van der Waals surface area contributed by atoms with Crippen molar-refractivity contribution in [2.24, 2.45) is 5.92 Å². The maximum absolute atomic E-state index is 12.2. The Balaban J connectivity index is 1.75. The molecule has 0 bridgehead atoms. The van der Waals surface area contributed by atoms with Gasteiger partial charge in [-0.2, -0.15) is 0 Å². The van der Waals surface area contributed by atoms with Gasteiger partial charge in [-0.1, -0.05) is 30.3 Å². The highest BCUT2D eigenvalue weighted by molar-refractivity contribution is 7.18. The number of hydrogen-bond donors (Lipinski definition) is 1. The Hall–Kier alpha value is -2.67. The molecule has 7 heteroatoms. The van der Waals surface area contributed by atoms with Crippen LogP contribution in [0.25, 0.3) is 10.4 Å². The lowest BCUT2D eigenvalue weighted by atomic mass is 10.2. The highest BCUT2D eigenvalue weighted by Crippen LogP contribution is 2.35. The fourth-order valence-corrected chi connectivity index (χ4v) is 3.35. The lowest BCUT2D eigenvalue weighted by molar-refractivity contribution is -0.148. The van der Waals surface area contributed by atoms with Crippen molar-refractivity contribution >= 4 is 34.9 Å². The maximum atomic E-state index is 12.2. The molecule has 1 amide bonds. The molecule has 1 aliphatic rings. The van der Waals surface area contributed by atoms with Crippen LogP contribution in [0.2, 0.25) is 0 Å². The van der Waals surface area contributed by atoms with Gasteiger partial charge in [-0.3, -0.25) is 9.59 Å². The zero-order valence-electron chi connectivity index (χ0n) is 14.3. The molecule has 1 N–H and O–H groups in total. The van der Waals surface area contributed by atoms with Gasteiger partial charge in [0, 0.05) is 4.88 Å². The molecule has 136 valence electrons. The minimum absolute atomic E-state index is 0.0660. The maximum Gasteiger partial charge on any atom is 0.350 e. The van der Waals surface area contributed by atoms with Crippen LogP contribution in [0.5, 0.6) is 0 Å².